The third-order valence-corrected chi connectivity index (χ3v) is 4.50. The number of nitrogens with one attached hydrogen (secondary N) is 1. The molecule has 4 heteroatoms. The van der Waals surface area contributed by atoms with E-state index in [0.29, 0.717) is 5.41 Å². The van der Waals surface area contributed by atoms with Crippen LogP contribution in [-0.4, -0.2) is 61.6 Å². The first-order valence-electron chi connectivity index (χ1n) is 7.43. The molecular weight excluding hydrogens is 236 g/mol. The summed E-state index contributed by atoms with van der Waals surface area (Å²) in [6.45, 7) is 15.4. The third-order valence-electron chi connectivity index (χ3n) is 4.50. The zero-order valence-electron chi connectivity index (χ0n) is 13.9. The van der Waals surface area contributed by atoms with Crippen LogP contribution >= 0.6 is 0 Å². The maximum atomic E-state index is 4.77. The summed E-state index contributed by atoms with van der Waals surface area (Å²) in [5, 5.41) is 3.43. The number of hydrogen-bond acceptors (Lipinski definition) is 2. The van der Waals surface area contributed by atoms with Gasteiger partial charge < -0.3 is 15.1 Å². The van der Waals surface area contributed by atoms with Crippen molar-refractivity contribution in [3.8, 4) is 0 Å². The van der Waals surface area contributed by atoms with Gasteiger partial charge in [0.1, 0.15) is 0 Å². The number of aliphatic imine (C=N–C) groups is 1. The number of rotatable bonds is 5. The van der Waals surface area contributed by atoms with Gasteiger partial charge in [0.2, 0.25) is 0 Å². The van der Waals surface area contributed by atoms with Crippen molar-refractivity contribution in [3.63, 3.8) is 0 Å². The summed E-state index contributed by atoms with van der Waals surface area (Å²) in [5.74, 6) is 1.07. The van der Waals surface area contributed by atoms with E-state index in [9.17, 15) is 0 Å². The van der Waals surface area contributed by atoms with Crippen molar-refractivity contribution in [1.29, 1.82) is 0 Å². The average Bonchev–Trinajstić information content (AvgIpc) is 2.30. The zero-order valence-corrected chi connectivity index (χ0v) is 13.9. The molecule has 0 aromatic rings. The fourth-order valence-electron chi connectivity index (χ4n) is 2.37. The Hall–Kier alpha value is -0.770. The van der Waals surface area contributed by atoms with Crippen LogP contribution in [0.15, 0.2) is 4.99 Å². The fourth-order valence-corrected chi connectivity index (χ4v) is 2.37. The van der Waals surface area contributed by atoms with Crippen molar-refractivity contribution in [3.05, 3.63) is 0 Å². The first kappa shape index (κ1) is 16.3. The molecule has 1 aliphatic heterocycles. The molecule has 0 aromatic heterocycles. The Labute approximate surface area is 119 Å². The molecule has 1 heterocycles. The van der Waals surface area contributed by atoms with Gasteiger partial charge in [-0.2, -0.15) is 0 Å². The Morgan fingerprint density at radius 3 is 2.32 bits per heavy atom. The minimum atomic E-state index is 0.176. The highest BCUT2D eigenvalue weighted by atomic mass is 15.4. The molecule has 0 saturated carbocycles. The van der Waals surface area contributed by atoms with Crippen LogP contribution < -0.4 is 5.32 Å². The van der Waals surface area contributed by atoms with Gasteiger partial charge in [0.15, 0.2) is 5.96 Å². The molecule has 0 bridgehead atoms. The lowest BCUT2D eigenvalue weighted by Gasteiger charge is -2.62. The molecule has 1 aliphatic rings. The summed E-state index contributed by atoms with van der Waals surface area (Å²) < 4.78 is 0. The van der Waals surface area contributed by atoms with Crippen LogP contribution in [-0.2, 0) is 0 Å². The molecule has 0 amide bonds. The minimum absolute atomic E-state index is 0.176. The van der Waals surface area contributed by atoms with E-state index in [-0.39, 0.29) is 5.54 Å². The summed E-state index contributed by atoms with van der Waals surface area (Å²) in [4.78, 5) is 9.39. The summed E-state index contributed by atoms with van der Waals surface area (Å²) in [6.07, 6.45) is 1.11. The van der Waals surface area contributed by atoms with Crippen LogP contribution in [0, 0.1) is 5.41 Å². The molecule has 0 aliphatic carbocycles. The molecule has 0 unspecified atom stereocenters. The van der Waals surface area contributed by atoms with Gasteiger partial charge in [0, 0.05) is 30.6 Å². The monoisotopic (exact) mass is 268 g/mol. The Kier molecular flexibility index (Phi) is 5.25. The minimum Gasteiger partial charge on any atom is -0.356 e. The number of guanidine groups is 1. The van der Waals surface area contributed by atoms with Gasteiger partial charge in [-0.1, -0.05) is 13.8 Å². The average molecular weight is 268 g/mol. The molecule has 1 fully saturated rings. The Bertz CT molecular complexity index is 318. The number of hydrogen-bond donors (Lipinski definition) is 1. The van der Waals surface area contributed by atoms with Crippen LogP contribution in [0.4, 0.5) is 0 Å². The summed E-state index contributed by atoms with van der Waals surface area (Å²) in [6, 6.07) is 0. The predicted octanol–water partition coefficient (Wildman–Crippen LogP) is 2.02. The Morgan fingerprint density at radius 2 is 1.89 bits per heavy atom. The van der Waals surface area contributed by atoms with Crippen molar-refractivity contribution in [1.82, 2.24) is 15.1 Å². The Balaban J connectivity index is 2.61. The van der Waals surface area contributed by atoms with E-state index in [4.69, 9.17) is 4.99 Å². The molecular formula is C15H32N4. The van der Waals surface area contributed by atoms with Crippen molar-refractivity contribution >= 4 is 5.96 Å². The molecule has 1 N–H and O–H groups in total. The number of nitrogens with zero attached hydrogens (tertiary/aromatic N) is 3. The normalized spacial score (nSPS) is 21.5. The lowest BCUT2D eigenvalue weighted by atomic mass is 9.65. The van der Waals surface area contributed by atoms with Crippen LogP contribution in [0.2, 0.25) is 0 Å². The highest BCUT2D eigenvalue weighted by Crippen LogP contribution is 2.46. The van der Waals surface area contributed by atoms with E-state index in [1.807, 2.05) is 0 Å². The van der Waals surface area contributed by atoms with Gasteiger partial charge >= 0.3 is 0 Å². The molecule has 0 aromatic carbocycles. The predicted molar refractivity (Wildman–Crippen MR) is 83.7 cm³/mol. The van der Waals surface area contributed by atoms with Crippen LogP contribution in [0.1, 0.15) is 41.0 Å². The fraction of sp³-hybridized carbons (Fsp3) is 0.933. The summed E-state index contributed by atoms with van der Waals surface area (Å²) in [7, 11) is 4.21. The standard InChI is InChI=1S/C15H32N4/c1-8-16-13(17-10-9-11-18(6)7)19-12-14(2,3)15(19,4)5/h8-12H2,1-7H3,(H,16,17). The molecule has 0 radical (unpaired) electrons. The highest BCUT2D eigenvalue weighted by molar-refractivity contribution is 5.82. The molecule has 112 valence electrons. The van der Waals surface area contributed by atoms with Gasteiger partial charge in [0.25, 0.3) is 0 Å². The van der Waals surface area contributed by atoms with E-state index in [2.05, 4.69) is 63.8 Å². The zero-order chi connectivity index (χ0) is 14.7. The maximum Gasteiger partial charge on any atom is 0.194 e. The first-order valence-corrected chi connectivity index (χ1v) is 7.43. The molecule has 19 heavy (non-hydrogen) atoms. The van der Waals surface area contributed by atoms with Crippen molar-refractivity contribution < 1.29 is 0 Å². The maximum absolute atomic E-state index is 4.77. The van der Waals surface area contributed by atoms with Crippen LogP contribution in [0.3, 0.4) is 0 Å². The topological polar surface area (TPSA) is 30.9 Å². The second-order valence-corrected chi connectivity index (χ2v) is 6.92. The molecule has 4 nitrogen and oxygen atoms in total. The van der Waals surface area contributed by atoms with Gasteiger partial charge in [-0.15, -0.1) is 0 Å². The van der Waals surface area contributed by atoms with Gasteiger partial charge in [-0.3, -0.25) is 4.99 Å². The van der Waals surface area contributed by atoms with E-state index in [1.165, 1.54) is 0 Å². The molecule has 0 spiro atoms. The first-order chi connectivity index (χ1) is 8.72. The lowest BCUT2D eigenvalue weighted by Crippen LogP contribution is -2.72. The van der Waals surface area contributed by atoms with Crippen LogP contribution in [0.25, 0.3) is 0 Å². The SMILES string of the molecule is CCNC(=NCCCN(C)C)N1CC(C)(C)C1(C)C. The Morgan fingerprint density at radius 1 is 1.26 bits per heavy atom. The van der Waals surface area contributed by atoms with E-state index in [0.717, 1.165) is 38.6 Å². The second-order valence-electron chi connectivity index (χ2n) is 6.92. The van der Waals surface area contributed by atoms with E-state index >= 15 is 0 Å². The van der Waals surface area contributed by atoms with Gasteiger partial charge in [-0.25, -0.2) is 0 Å². The van der Waals surface area contributed by atoms with Crippen molar-refractivity contribution in [2.45, 2.75) is 46.6 Å². The molecule has 0 atom stereocenters. The van der Waals surface area contributed by atoms with Gasteiger partial charge in [-0.05, 0) is 47.8 Å². The van der Waals surface area contributed by atoms with E-state index in [1.54, 1.807) is 0 Å². The molecule has 1 rings (SSSR count). The lowest BCUT2D eigenvalue weighted by molar-refractivity contribution is -0.0667. The molecule has 1 saturated heterocycles. The summed E-state index contributed by atoms with van der Waals surface area (Å²) in [5.41, 5.74) is 0.530. The van der Waals surface area contributed by atoms with Crippen molar-refractivity contribution in [2.24, 2.45) is 10.4 Å². The van der Waals surface area contributed by atoms with E-state index < -0.39 is 0 Å². The van der Waals surface area contributed by atoms with Gasteiger partial charge in [0.05, 0.1) is 0 Å². The smallest absolute Gasteiger partial charge is 0.194 e. The van der Waals surface area contributed by atoms with Crippen LogP contribution in [0.5, 0.6) is 0 Å². The number of likely N-dealkylation sites (tertiary alicyclic amines) is 1. The second kappa shape index (κ2) is 6.12. The van der Waals surface area contributed by atoms with Crippen molar-refractivity contribution in [2.75, 3.05) is 40.3 Å². The third kappa shape index (κ3) is 3.62. The largest absolute Gasteiger partial charge is 0.356 e. The quantitative estimate of drug-likeness (QED) is 0.470. The summed E-state index contributed by atoms with van der Waals surface area (Å²) >= 11 is 0. The highest BCUT2D eigenvalue weighted by Gasteiger charge is 2.53.